The van der Waals surface area contributed by atoms with Crippen LogP contribution in [-0.2, 0) is 30.7 Å². The lowest BCUT2D eigenvalue weighted by Crippen LogP contribution is -2.43. The van der Waals surface area contributed by atoms with Gasteiger partial charge in [-0.1, -0.05) is 32.9 Å². The molecule has 2 amide bonds. The number of amides is 2. The molecule has 1 fully saturated rings. The number of aromatic nitrogens is 2. The van der Waals surface area contributed by atoms with Gasteiger partial charge in [0, 0.05) is 48.8 Å². The smallest absolute Gasteiger partial charge is 0.272 e. The lowest BCUT2D eigenvalue weighted by atomic mass is 9.93. The summed E-state index contributed by atoms with van der Waals surface area (Å²) in [5.74, 6) is 0.826. The molecular weight excluding hydrogens is 392 g/mol. The number of carbonyl (C=O) groups excluding carboxylic acids is 2. The van der Waals surface area contributed by atoms with Gasteiger partial charge in [0.25, 0.3) is 5.91 Å². The first-order chi connectivity index (χ1) is 14.8. The van der Waals surface area contributed by atoms with E-state index < -0.39 is 5.41 Å². The molecule has 0 bridgehead atoms. The zero-order valence-electron chi connectivity index (χ0n) is 18.9. The van der Waals surface area contributed by atoms with Gasteiger partial charge in [-0.2, -0.15) is 5.10 Å². The Balaban J connectivity index is 1.57. The molecule has 7 heteroatoms. The van der Waals surface area contributed by atoms with Crippen LogP contribution < -0.4 is 10.1 Å². The molecule has 1 aliphatic carbocycles. The number of benzene rings is 1. The van der Waals surface area contributed by atoms with E-state index in [1.165, 1.54) is 5.56 Å². The maximum absolute atomic E-state index is 12.9. The van der Waals surface area contributed by atoms with Gasteiger partial charge in [0.2, 0.25) is 5.91 Å². The molecule has 0 radical (unpaired) electrons. The van der Waals surface area contributed by atoms with Gasteiger partial charge in [-0.05, 0) is 37.0 Å². The highest BCUT2D eigenvalue weighted by Crippen LogP contribution is 2.28. The van der Waals surface area contributed by atoms with Gasteiger partial charge < -0.3 is 15.0 Å². The van der Waals surface area contributed by atoms with Crippen molar-refractivity contribution < 1.29 is 14.3 Å². The fraction of sp³-hybridized carbons (Fsp3) is 0.542. The minimum absolute atomic E-state index is 0.109. The molecule has 1 N–H and O–H groups in total. The number of fused-ring (bicyclic) bond motifs is 1. The highest BCUT2D eigenvalue weighted by Gasteiger charge is 2.35. The van der Waals surface area contributed by atoms with Crippen LogP contribution in [0.2, 0.25) is 0 Å². The maximum atomic E-state index is 12.9. The Hall–Kier alpha value is -2.83. The van der Waals surface area contributed by atoms with Crippen molar-refractivity contribution in [1.29, 1.82) is 0 Å². The zero-order valence-corrected chi connectivity index (χ0v) is 18.9. The van der Waals surface area contributed by atoms with E-state index in [9.17, 15) is 9.59 Å². The Labute approximate surface area is 183 Å². The molecule has 7 nitrogen and oxygen atoms in total. The minimum Gasteiger partial charge on any atom is -0.497 e. The monoisotopic (exact) mass is 424 g/mol. The van der Waals surface area contributed by atoms with Gasteiger partial charge in [-0.3, -0.25) is 14.3 Å². The SMILES string of the molecule is COc1ccc(CCn2nc(C(=O)NC3CC3)c3c2CCN(C(=O)C(C)(C)C)C3)cc1. The second-order valence-corrected chi connectivity index (χ2v) is 9.57. The van der Waals surface area contributed by atoms with E-state index in [1.54, 1.807) is 7.11 Å². The second kappa shape index (κ2) is 8.36. The summed E-state index contributed by atoms with van der Waals surface area (Å²) in [6.07, 6.45) is 3.58. The first-order valence-corrected chi connectivity index (χ1v) is 11.1. The van der Waals surface area contributed by atoms with E-state index in [4.69, 9.17) is 9.84 Å². The average Bonchev–Trinajstić information content (AvgIpc) is 3.49. The van der Waals surface area contributed by atoms with Crippen LogP contribution in [0.1, 0.15) is 60.9 Å². The van der Waals surface area contributed by atoms with E-state index in [2.05, 4.69) is 17.4 Å². The third kappa shape index (κ3) is 4.75. The van der Waals surface area contributed by atoms with Gasteiger partial charge in [0.15, 0.2) is 5.69 Å². The molecule has 1 aliphatic heterocycles. The Kier molecular flexibility index (Phi) is 5.77. The van der Waals surface area contributed by atoms with Crippen molar-refractivity contribution in [2.45, 2.75) is 65.6 Å². The lowest BCUT2D eigenvalue weighted by molar-refractivity contribution is -0.140. The number of hydrogen-bond donors (Lipinski definition) is 1. The van der Waals surface area contributed by atoms with E-state index in [0.717, 1.165) is 36.3 Å². The van der Waals surface area contributed by atoms with Crippen molar-refractivity contribution in [1.82, 2.24) is 20.0 Å². The summed E-state index contributed by atoms with van der Waals surface area (Å²) >= 11 is 0. The summed E-state index contributed by atoms with van der Waals surface area (Å²) in [6.45, 7) is 7.60. The largest absolute Gasteiger partial charge is 0.497 e. The van der Waals surface area contributed by atoms with Crippen LogP contribution in [0.4, 0.5) is 0 Å². The van der Waals surface area contributed by atoms with Crippen molar-refractivity contribution in [2.75, 3.05) is 13.7 Å². The van der Waals surface area contributed by atoms with Crippen molar-refractivity contribution in [3.8, 4) is 5.75 Å². The zero-order chi connectivity index (χ0) is 22.2. The van der Waals surface area contributed by atoms with Crippen LogP contribution in [0.15, 0.2) is 24.3 Å². The summed E-state index contributed by atoms with van der Waals surface area (Å²) in [7, 11) is 1.66. The number of hydrogen-bond acceptors (Lipinski definition) is 4. The number of nitrogens with zero attached hydrogens (tertiary/aromatic N) is 3. The maximum Gasteiger partial charge on any atom is 0.272 e. The molecule has 0 spiro atoms. The molecule has 4 rings (SSSR count). The third-order valence-electron chi connectivity index (χ3n) is 5.96. The molecule has 1 aromatic carbocycles. The van der Waals surface area contributed by atoms with Crippen molar-refractivity contribution >= 4 is 11.8 Å². The second-order valence-electron chi connectivity index (χ2n) is 9.57. The molecule has 2 aromatic rings. The first-order valence-electron chi connectivity index (χ1n) is 11.1. The minimum atomic E-state index is -0.446. The Morgan fingerprint density at radius 2 is 1.90 bits per heavy atom. The predicted octanol–water partition coefficient (Wildman–Crippen LogP) is 2.96. The van der Waals surface area contributed by atoms with Crippen molar-refractivity contribution in [2.24, 2.45) is 5.41 Å². The van der Waals surface area contributed by atoms with Crippen LogP contribution in [-0.4, -0.2) is 46.2 Å². The molecule has 0 unspecified atom stereocenters. The highest BCUT2D eigenvalue weighted by atomic mass is 16.5. The molecular formula is C24H32N4O3. The lowest BCUT2D eigenvalue weighted by Gasteiger charge is -2.32. The predicted molar refractivity (Wildman–Crippen MR) is 118 cm³/mol. The van der Waals surface area contributed by atoms with E-state index in [0.29, 0.717) is 31.7 Å². The Morgan fingerprint density at radius 3 is 2.52 bits per heavy atom. The molecule has 166 valence electrons. The topological polar surface area (TPSA) is 76.5 Å². The van der Waals surface area contributed by atoms with E-state index >= 15 is 0 Å². The highest BCUT2D eigenvalue weighted by molar-refractivity contribution is 5.94. The fourth-order valence-corrected chi connectivity index (χ4v) is 4.01. The van der Waals surface area contributed by atoms with Crippen LogP contribution in [0.25, 0.3) is 0 Å². The van der Waals surface area contributed by atoms with Crippen LogP contribution in [0, 0.1) is 5.41 Å². The molecule has 2 aliphatic rings. The molecule has 2 heterocycles. The number of aryl methyl sites for hydroxylation is 2. The van der Waals surface area contributed by atoms with Gasteiger partial charge in [-0.15, -0.1) is 0 Å². The van der Waals surface area contributed by atoms with Crippen molar-refractivity contribution in [3.05, 3.63) is 46.8 Å². The molecule has 1 saturated carbocycles. The quantitative estimate of drug-likeness (QED) is 0.774. The van der Waals surface area contributed by atoms with Gasteiger partial charge in [-0.25, -0.2) is 0 Å². The average molecular weight is 425 g/mol. The normalized spacial score (nSPS) is 16.1. The van der Waals surface area contributed by atoms with E-state index in [1.807, 2.05) is 42.5 Å². The third-order valence-corrected chi connectivity index (χ3v) is 5.96. The standard InChI is InChI=1S/C24H32N4O3/c1-24(2,3)23(30)27-13-12-20-19(15-27)21(22(29)25-17-7-8-17)26-28(20)14-11-16-5-9-18(31-4)10-6-16/h5-6,9-10,17H,7-8,11-15H2,1-4H3,(H,25,29). The summed E-state index contributed by atoms with van der Waals surface area (Å²) < 4.78 is 7.20. The molecule has 31 heavy (non-hydrogen) atoms. The molecule has 0 saturated heterocycles. The first kappa shape index (κ1) is 21.4. The fourth-order valence-electron chi connectivity index (χ4n) is 4.01. The molecule has 1 aromatic heterocycles. The Bertz CT molecular complexity index is 968. The summed E-state index contributed by atoms with van der Waals surface area (Å²) in [5, 5.41) is 7.78. The number of methoxy groups -OCH3 is 1. The number of ether oxygens (including phenoxy) is 1. The van der Waals surface area contributed by atoms with Crippen LogP contribution in [0.3, 0.4) is 0 Å². The summed E-state index contributed by atoms with van der Waals surface area (Å²) in [5.41, 5.74) is 3.19. The van der Waals surface area contributed by atoms with Gasteiger partial charge in [0.1, 0.15) is 5.75 Å². The van der Waals surface area contributed by atoms with Crippen LogP contribution >= 0.6 is 0 Å². The number of rotatable bonds is 6. The molecule has 0 atom stereocenters. The van der Waals surface area contributed by atoms with Crippen LogP contribution in [0.5, 0.6) is 5.75 Å². The van der Waals surface area contributed by atoms with E-state index in [-0.39, 0.29) is 17.9 Å². The summed E-state index contributed by atoms with van der Waals surface area (Å²) in [6, 6.07) is 8.29. The number of nitrogens with one attached hydrogen (secondary N) is 1. The van der Waals surface area contributed by atoms with Crippen molar-refractivity contribution in [3.63, 3.8) is 0 Å². The van der Waals surface area contributed by atoms with Gasteiger partial charge in [0.05, 0.1) is 7.11 Å². The summed E-state index contributed by atoms with van der Waals surface area (Å²) in [4.78, 5) is 27.6. The number of carbonyl (C=O) groups is 2. The Morgan fingerprint density at radius 1 is 1.19 bits per heavy atom. The van der Waals surface area contributed by atoms with Gasteiger partial charge >= 0.3 is 0 Å².